The molecule has 2 aromatic rings. The van der Waals surface area contributed by atoms with E-state index >= 15 is 0 Å². The first-order valence-corrected chi connectivity index (χ1v) is 8.43. The van der Waals surface area contributed by atoms with E-state index in [2.05, 4.69) is 5.32 Å². The van der Waals surface area contributed by atoms with Crippen molar-refractivity contribution in [2.75, 3.05) is 13.2 Å². The lowest BCUT2D eigenvalue weighted by molar-refractivity contribution is -0.126. The highest BCUT2D eigenvalue weighted by atomic mass is 32.1. The van der Waals surface area contributed by atoms with Crippen LogP contribution >= 0.6 is 11.3 Å². The molecule has 2 N–H and O–H groups in total. The van der Waals surface area contributed by atoms with Crippen molar-refractivity contribution in [3.8, 4) is 0 Å². The fourth-order valence-corrected chi connectivity index (χ4v) is 2.95. The molecule has 0 fully saturated rings. The molecule has 0 saturated carbocycles. The number of carbonyl (C=O) groups is 1. The molecule has 124 valence electrons. The number of rotatable bonds is 8. The highest BCUT2D eigenvalue weighted by molar-refractivity contribution is 7.07. The zero-order chi connectivity index (χ0) is 16.7. The average Bonchev–Trinajstić information content (AvgIpc) is 3.06. The van der Waals surface area contributed by atoms with Crippen LogP contribution in [0.5, 0.6) is 0 Å². The van der Waals surface area contributed by atoms with Crippen LogP contribution < -0.4 is 5.32 Å². The summed E-state index contributed by atoms with van der Waals surface area (Å²) in [6.07, 6.45) is 0. The summed E-state index contributed by atoms with van der Waals surface area (Å²) in [5.74, 6) is -0.511. The van der Waals surface area contributed by atoms with Gasteiger partial charge in [-0.2, -0.15) is 11.3 Å². The maximum absolute atomic E-state index is 13.6. The number of carbonyl (C=O) groups excluding carboxylic acids is 1. The summed E-state index contributed by atoms with van der Waals surface area (Å²) in [6, 6.07) is 7.97. The van der Waals surface area contributed by atoms with Crippen molar-refractivity contribution in [2.24, 2.45) is 0 Å². The van der Waals surface area contributed by atoms with Gasteiger partial charge in [-0.05, 0) is 35.4 Å². The normalized spacial score (nSPS) is 12.3. The van der Waals surface area contributed by atoms with Gasteiger partial charge in [-0.25, -0.2) is 4.39 Å². The number of hydrogen-bond donors (Lipinski definition) is 2. The number of aliphatic hydroxyl groups excluding tert-OH is 1. The lowest BCUT2D eigenvalue weighted by Crippen LogP contribution is -2.45. The molecular formula is C17H21FN2O2S. The van der Waals surface area contributed by atoms with Crippen molar-refractivity contribution in [3.05, 3.63) is 58.0 Å². The minimum atomic E-state index is -0.408. The number of thiophene rings is 1. The third-order valence-corrected chi connectivity index (χ3v) is 4.42. The molecule has 23 heavy (non-hydrogen) atoms. The van der Waals surface area contributed by atoms with Crippen molar-refractivity contribution in [1.29, 1.82) is 0 Å². The van der Waals surface area contributed by atoms with Gasteiger partial charge in [0.1, 0.15) is 5.82 Å². The standard InChI is InChI=1S/C17H21FN2O2S/c1-13(20(7-8-21)11-14-6-9-23-12-14)17(22)19-10-15-4-2-3-5-16(15)18/h2-6,9,12-13,21H,7-8,10-11H2,1H3,(H,19,22)/t13-/m0/s1. The summed E-state index contributed by atoms with van der Waals surface area (Å²) < 4.78 is 13.6. The van der Waals surface area contributed by atoms with Gasteiger partial charge < -0.3 is 10.4 Å². The SMILES string of the molecule is C[C@@H](C(=O)NCc1ccccc1F)N(CCO)Cc1ccsc1. The third kappa shape index (κ3) is 5.13. The molecule has 6 heteroatoms. The van der Waals surface area contributed by atoms with Crippen LogP contribution in [0.2, 0.25) is 0 Å². The van der Waals surface area contributed by atoms with E-state index in [0.29, 0.717) is 18.7 Å². The van der Waals surface area contributed by atoms with Gasteiger partial charge in [-0.15, -0.1) is 0 Å². The Bertz CT molecular complexity index is 619. The van der Waals surface area contributed by atoms with Gasteiger partial charge in [0.05, 0.1) is 12.6 Å². The number of nitrogens with one attached hydrogen (secondary N) is 1. The molecule has 0 aliphatic rings. The van der Waals surface area contributed by atoms with Gasteiger partial charge in [-0.1, -0.05) is 18.2 Å². The summed E-state index contributed by atoms with van der Waals surface area (Å²) in [7, 11) is 0. The van der Waals surface area contributed by atoms with Crippen LogP contribution in [-0.4, -0.2) is 35.1 Å². The molecule has 1 heterocycles. The molecule has 1 atom stereocenters. The number of amides is 1. The molecule has 1 amide bonds. The maximum atomic E-state index is 13.6. The zero-order valence-corrected chi connectivity index (χ0v) is 13.9. The highest BCUT2D eigenvalue weighted by Crippen LogP contribution is 2.12. The lowest BCUT2D eigenvalue weighted by atomic mass is 10.2. The summed E-state index contributed by atoms with van der Waals surface area (Å²) in [4.78, 5) is 14.2. The molecule has 1 aromatic heterocycles. The van der Waals surface area contributed by atoms with Gasteiger partial charge in [0, 0.05) is 25.2 Å². The Kier molecular flexibility index (Phi) is 6.70. The first-order chi connectivity index (χ1) is 11.1. The Balaban J connectivity index is 1.94. The van der Waals surface area contributed by atoms with Crippen LogP contribution in [0.25, 0.3) is 0 Å². The van der Waals surface area contributed by atoms with E-state index in [9.17, 15) is 14.3 Å². The van der Waals surface area contributed by atoms with Crippen LogP contribution in [0.15, 0.2) is 41.1 Å². The van der Waals surface area contributed by atoms with Crippen LogP contribution in [0, 0.1) is 5.82 Å². The van der Waals surface area contributed by atoms with Crippen LogP contribution in [0.1, 0.15) is 18.1 Å². The molecule has 0 saturated heterocycles. The molecule has 0 aliphatic carbocycles. The van der Waals surface area contributed by atoms with Gasteiger partial charge in [0.25, 0.3) is 0 Å². The predicted molar refractivity (Wildman–Crippen MR) is 89.5 cm³/mol. The first-order valence-electron chi connectivity index (χ1n) is 7.49. The Labute approximate surface area is 139 Å². The minimum absolute atomic E-state index is 0.0188. The van der Waals surface area contributed by atoms with E-state index in [-0.39, 0.29) is 24.9 Å². The highest BCUT2D eigenvalue weighted by Gasteiger charge is 2.21. The Morgan fingerprint density at radius 2 is 2.17 bits per heavy atom. The van der Waals surface area contributed by atoms with E-state index in [4.69, 9.17) is 0 Å². The van der Waals surface area contributed by atoms with Gasteiger partial charge in [0.15, 0.2) is 0 Å². The second kappa shape index (κ2) is 8.76. The second-order valence-corrected chi connectivity index (χ2v) is 6.09. The van der Waals surface area contributed by atoms with Crippen LogP contribution in [0.4, 0.5) is 4.39 Å². The van der Waals surface area contributed by atoms with Crippen LogP contribution in [0.3, 0.4) is 0 Å². The molecule has 4 nitrogen and oxygen atoms in total. The largest absolute Gasteiger partial charge is 0.395 e. The molecule has 0 unspecified atom stereocenters. The van der Waals surface area contributed by atoms with E-state index < -0.39 is 6.04 Å². The Morgan fingerprint density at radius 1 is 1.39 bits per heavy atom. The minimum Gasteiger partial charge on any atom is -0.395 e. The fourth-order valence-electron chi connectivity index (χ4n) is 2.29. The predicted octanol–water partition coefficient (Wildman–Crippen LogP) is 2.39. The number of halogens is 1. The molecule has 0 radical (unpaired) electrons. The van der Waals surface area contributed by atoms with Gasteiger partial charge >= 0.3 is 0 Å². The van der Waals surface area contributed by atoms with Crippen LogP contribution in [-0.2, 0) is 17.9 Å². The van der Waals surface area contributed by atoms with Crippen molar-refractivity contribution in [3.63, 3.8) is 0 Å². The van der Waals surface area contributed by atoms with Gasteiger partial charge in [-0.3, -0.25) is 9.69 Å². The van der Waals surface area contributed by atoms with E-state index in [1.54, 1.807) is 36.5 Å². The molecule has 0 spiro atoms. The fraction of sp³-hybridized carbons (Fsp3) is 0.353. The average molecular weight is 336 g/mol. The summed E-state index contributed by atoms with van der Waals surface area (Å²) in [5.41, 5.74) is 1.57. The zero-order valence-electron chi connectivity index (χ0n) is 13.0. The van der Waals surface area contributed by atoms with Crippen molar-refractivity contribution < 1.29 is 14.3 Å². The summed E-state index contributed by atoms with van der Waals surface area (Å²) >= 11 is 1.60. The number of hydrogen-bond acceptors (Lipinski definition) is 4. The van der Waals surface area contributed by atoms with Gasteiger partial charge in [0.2, 0.25) is 5.91 Å². The second-order valence-electron chi connectivity index (χ2n) is 5.31. The molecule has 1 aromatic carbocycles. The number of benzene rings is 1. The van der Waals surface area contributed by atoms with Crippen molar-refractivity contribution >= 4 is 17.2 Å². The van der Waals surface area contributed by atoms with E-state index in [0.717, 1.165) is 5.56 Å². The molecule has 0 bridgehead atoms. The summed E-state index contributed by atoms with van der Waals surface area (Å²) in [6.45, 7) is 2.93. The molecule has 0 aliphatic heterocycles. The first kappa shape index (κ1) is 17.6. The Hall–Kier alpha value is -1.76. The number of nitrogens with zero attached hydrogens (tertiary/aromatic N) is 1. The van der Waals surface area contributed by atoms with Crippen molar-refractivity contribution in [2.45, 2.75) is 26.1 Å². The maximum Gasteiger partial charge on any atom is 0.237 e. The topological polar surface area (TPSA) is 52.6 Å². The quantitative estimate of drug-likeness (QED) is 0.778. The van der Waals surface area contributed by atoms with E-state index in [1.165, 1.54) is 6.07 Å². The smallest absolute Gasteiger partial charge is 0.237 e. The molecular weight excluding hydrogens is 315 g/mol. The molecule has 2 rings (SSSR count). The van der Waals surface area contributed by atoms with E-state index in [1.807, 2.05) is 21.7 Å². The lowest BCUT2D eigenvalue weighted by Gasteiger charge is -2.27. The monoisotopic (exact) mass is 336 g/mol. The third-order valence-electron chi connectivity index (χ3n) is 3.69. The summed E-state index contributed by atoms with van der Waals surface area (Å²) in [5, 5.41) is 16.0. The number of aliphatic hydroxyl groups is 1. The Morgan fingerprint density at radius 3 is 2.83 bits per heavy atom. The van der Waals surface area contributed by atoms with Crippen molar-refractivity contribution in [1.82, 2.24) is 10.2 Å².